The summed E-state index contributed by atoms with van der Waals surface area (Å²) in [7, 11) is 0. The molecule has 1 saturated carbocycles. The van der Waals surface area contributed by atoms with E-state index in [1.165, 1.54) is 12.8 Å². The summed E-state index contributed by atoms with van der Waals surface area (Å²) in [6, 6.07) is 1.48. The molecule has 2 heteroatoms. The predicted octanol–water partition coefficient (Wildman–Crippen LogP) is 1.88. The molecule has 1 aliphatic rings. The maximum Gasteiger partial charge on any atom is 0.00905 e. The van der Waals surface area contributed by atoms with Crippen LogP contribution in [0.5, 0.6) is 0 Å². The van der Waals surface area contributed by atoms with E-state index in [9.17, 15) is 0 Å². The van der Waals surface area contributed by atoms with Gasteiger partial charge in [0.05, 0.1) is 0 Å². The number of rotatable bonds is 3. The molecule has 0 aromatic carbocycles. The molecule has 1 aliphatic carbocycles. The molecule has 0 aromatic heterocycles. The molecule has 0 spiro atoms. The van der Waals surface area contributed by atoms with E-state index in [4.69, 9.17) is 0 Å². The lowest BCUT2D eigenvalue weighted by atomic mass is 9.92. The van der Waals surface area contributed by atoms with E-state index in [1.807, 2.05) is 11.8 Å². The average molecular weight is 159 g/mol. The van der Waals surface area contributed by atoms with Gasteiger partial charge in [0.1, 0.15) is 0 Å². The zero-order chi connectivity index (χ0) is 7.56. The van der Waals surface area contributed by atoms with E-state index in [0.29, 0.717) is 6.04 Å². The zero-order valence-corrected chi connectivity index (χ0v) is 7.87. The predicted molar refractivity (Wildman–Crippen MR) is 48.6 cm³/mol. The molecular weight excluding hydrogens is 142 g/mol. The molecule has 1 nitrogen and oxygen atoms in total. The van der Waals surface area contributed by atoms with Gasteiger partial charge in [-0.25, -0.2) is 0 Å². The van der Waals surface area contributed by atoms with Crippen molar-refractivity contribution in [3.63, 3.8) is 0 Å². The summed E-state index contributed by atoms with van der Waals surface area (Å²) in [6.07, 6.45) is 4.95. The van der Waals surface area contributed by atoms with Crippen LogP contribution < -0.4 is 5.32 Å². The Balaban J connectivity index is 2.03. The van der Waals surface area contributed by atoms with Gasteiger partial charge >= 0.3 is 0 Å². The van der Waals surface area contributed by atoms with Crippen LogP contribution in [-0.4, -0.2) is 23.6 Å². The van der Waals surface area contributed by atoms with Crippen molar-refractivity contribution in [3.05, 3.63) is 0 Å². The number of hydrogen-bond donors (Lipinski definition) is 1. The van der Waals surface area contributed by atoms with Crippen molar-refractivity contribution in [2.75, 3.05) is 6.26 Å². The minimum absolute atomic E-state index is 0.660. The topological polar surface area (TPSA) is 12.0 Å². The molecule has 0 heterocycles. The SMILES string of the molecule is CS[C@H]1C[C@@H](NC(C)C)C1. The quantitative estimate of drug-likeness (QED) is 0.675. The first-order valence-electron chi connectivity index (χ1n) is 4.01. The molecule has 1 N–H and O–H groups in total. The molecule has 0 saturated heterocycles. The Morgan fingerprint density at radius 1 is 1.40 bits per heavy atom. The summed E-state index contributed by atoms with van der Waals surface area (Å²) in [5, 5.41) is 4.47. The Morgan fingerprint density at radius 2 is 2.00 bits per heavy atom. The van der Waals surface area contributed by atoms with Crippen LogP contribution in [0.15, 0.2) is 0 Å². The van der Waals surface area contributed by atoms with Gasteiger partial charge in [-0.15, -0.1) is 0 Å². The van der Waals surface area contributed by atoms with E-state index in [0.717, 1.165) is 11.3 Å². The summed E-state index contributed by atoms with van der Waals surface area (Å²) in [5.41, 5.74) is 0. The molecule has 0 bridgehead atoms. The van der Waals surface area contributed by atoms with Gasteiger partial charge in [-0.3, -0.25) is 0 Å². The maximum absolute atomic E-state index is 3.53. The second-order valence-corrected chi connectivity index (χ2v) is 4.49. The van der Waals surface area contributed by atoms with E-state index in [-0.39, 0.29) is 0 Å². The summed E-state index contributed by atoms with van der Waals surface area (Å²) >= 11 is 2.00. The van der Waals surface area contributed by atoms with Crippen molar-refractivity contribution < 1.29 is 0 Å². The molecule has 0 aromatic rings. The Labute approximate surface area is 68.0 Å². The van der Waals surface area contributed by atoms with Gasteiger partial charge in [0.2, 0.25) is 0 Å². The minimum atomic E-state index is 0.660. The highest BCUT2D eigenvalue weighted by molar-refractivity contribution is 7.99. The van der Waals surface area contributed by atoms with Crippen LogP contribution in [0.4, 0.5) is 0 Å². The summed E-state index contributed by atoms with van der Waals surface area (Å²) in [4.78, 5) is 0. The lowest BCUT2D eigenvalue weighted by Gasteiger charge is -2.36. The third-order valence-electron chi connectivity index (χ3n) is 2.00. The molecule has 0 atom stereocenters. The second-order valence-electron chi connectivity index (χ2n) is 3.35. The monoisotopic (exact) mass is 159 g/mol. The van der Waals surface area contributed by atoms with Crippen LogP contribution in [0.1, 0.15) is 26.7 Å². The highest BCUT2D eigenvalue weighted by Gasteiger charge is 2.27. The van der Waals surface area contributed by atoms with Crippen molar-refractivity contribution in [2.24, 2.45) is 0 Å². The molecule has 0 amide bonds. The Hall–Kier alpha value is 0.310. The van der Waals surface area contributed by atoms with Crippen molar-refractivity contribution in [3.8, 4) is 0 Å². The van der Waals surface area contributed by atoms with E-state index >= 15 is 0 Å². The van der Waals surface area contributed by atoms with Gasteiger partial charge in [0, 0.05) is 17.3 Å². The zero-order valence-electron chi connectivity index (χ0n) is 7.05. The van der Waals surface area contributed by atoms with Crippen LogP contribution in [0.25, 0.3) is 0 Å². The standard InChI is InChI=1S/C8H17NS/c1-6(2)9-7-4-8(5-7)10-3/h6-9H,4-5H2,1-3H3/t7-,8+. The van der Waals surface area contributed by atoms with Gasteiger partial charge in [-0.05, 0) is 19.1 Å². The average Bonchev–Trinajstić information content (AvgIpc) is 1.76. The third kappa shape index (κ3) is 2.17. The first-order chi connectivity index (χ1) is 4.72. The van der Waals surface area contributed by atoms with Gasteiger partial charge in [-0.2, -0.15) is 11.8 Å². The van der Waals surface area contributed by atoms with E-state index in [1.54, 1.807) is 0 Å². The van der Waals surface area contributed by atoms with E-state index < -0.39 is 0 Å². The fraction of sp³-hybridized carbons (Fsp3) is 1.00. The Morgan fingerprint density at radius 3 is 2.40 bits per heavy atom. The van der Waals surface area contributed by atoms with Crippen molar-refractivity contribution in [2.45, 2.75) is 44.0 Å². The molecule has 0 radical (unpaired) electrons. The second kappa shape index (κ2) is 3.63. The Bertz CT molecular complexity index is 97.4. The molecule has 0 aliphatic heterocycles. The lowest BCUT2D eigenvalue weighted by Crippen LogP contribution is -2.45. The summed E-state index contributed by atoms with van der Waals surface area (Å²) in [5.74, 6) is 0. The molecule has 1 rings (SSSR count). The molecule has 60 valence electrons. The van der Waals surface area contributed by atoms with Gasteiger partial charge in [-0.1, -0.05) is 13.8 Å². The van der Waals surface area contributed by atoms with Crippen molar-refractivity contribution in [1.29, 1.82) is 0 Å². The van der Waals surface area contributed by atoms with Crippen molar-refractivity contribution in [1.82, 2.24) is 5.32 Å². The molecule has 0 unspecified atom stereocenters. The number of hydrogen-bond acceptors (Lipinski definition) is 2. The van der Waals surface area contributed by atoms with Gasteiger partial charge in [0.15, 0.2) is 0 Å². The van der Waals surface area contributed by atoms with E-state index in [2.05, 4.69) is 25.4 Å². The van der Waals surface area contributed by atoms with Gasteiger partial charge in [0.25, 0.3) is 0 Å². The van der Waals surface area contributed by atoms with Crippen LogP contribution in [0.3, 0.4) is 0 Å². The van der Waals surface area contributed by atoms with Crippen LogP contribution in [0.2, 0.25) is 0 Å². The fourth-order valence-electron chi connectivity index (χ4n) is 1.37. The largest absolute Gasteiger partial charge is 0.312 e. The molecule has 1 fully saturated rings. The number of thioether (sulfide) groups is 1. The van der Waals surface area contributed by atoms with Crippen LogP contribution in [0, 0.1) is 0 Å². The third-order valence-corrected chi connectivity index (χ3v) is 3.05. The molecule has 10 heavy (non-hydrogen) atoms. The normalized spacial score (nSPS) is 32.4. The lowest BCUT2D eigenvalue weighted by molar-refractivity contribution is 0.329. The van der Waals surface area contributed by atoms with Gasteiger partial charge < -0.3 is 5.32 Å². The number of nitrogens with one attached hydrogen (secondary N) is 1. The summed E-state index contributed by atoms with van der Waals surface area (Å²) in [6.45, 7) is 4.43. The fourth-order valence-corrected chi connectivity index (χ4v) is 2.22. The molecular formula is C8H17NS. The van der Waals surface area contributed by atoms with Crippen molar-refractivity contribution >= 4 is 11.8 Å². The highest BCUT2D eigenvalue weighted by atomic mass is 32.2. The maximum atomic E-state index is 3.53. The minimum Gasteiger partial charge on any atom is -0.312 e. The van der Waals surface area contributed by atoms with Crippen LogP contribution in [-0.2, 0) is 0 Å². The highest BCUT2D eigenvalue weighted by Crippen LogP contribution is 2.30. The van der Waals surface area contributed by atoms with Crippen LogP contribution >= 0.6 is 11.8 Å². The first-order valence-corrected chi connectivity index (χ1v) is 5.30. The smallest absolute Gasteiger partial charge is 0.00905 e. The first kappa shape index (κ1) is 8.41. The Kier molecular flexibility index (Phi) is 3.05. The summed E-state index contributed by atoms with van der Waals surface area (Å²) < 4.78 is 0.